The van der Waals surface area contributed by atoms with Crippen molar-refractivity contribution in [3.8, 4) is 11.3 Å². The number of ether oxygens (including phenoxy) is 1. The highest BCUT2D eigenvalue weighted by Crippen LogP contribution is 2.38. The molecule has 0 unspecified atom stereocenters. The summed E-state index contributed by atoms with van der Waals surface area (Å²) in [6.07, 6.45) is -10.2. The van der Waals surface area contributed by atoms with E-state index in [0.29, 0.717) is 5.56 Å². The van der Waals surface area contributed by atoms with Gasteiger partial charge >= 0.3 is 6.18 Å². The first-order chi connectivity index (χ1) is 13.7. The predicted molar refractivity (Wildman–Crippen MR) is 95.6 cm³/mol. The molecule has 29 heavy (non-hydrogen) atoms. The van der Waals surface area contributed by atoms with Crippen LogP contribution in [0.4, 0.5) is 13.2 Å². The first-order valence-corrected chi connectivity index (χ1v) is 8.88. The van der Waals surface area contributed by atoms with Crippen molar-refractivity contribution in [3.63, 3.8) is 0 Å². The van der Waals surface area contributed by atoms with Gasteiger partial charge in [-0.1, -0.05) is 30.3 Å². The molecule has 1 aliphatic rings. The lowest BCUT2D eigenvalue weighted by molar-refractivity contribution is -0.239. The first-order valence-electron chi connectivity index (χ1n) is 8.88. The summed E-state index contributed by atoms with van der Waals surface area (Å²) in [6, 6.07) is 9.27. The molecule has 2 aromatic heterocycles. The maximum Gasteiger partial charge on any atom is 0.418 e. The van der Waals surface area contributed by atoms with Crippen molar-refractivity contribution >= 4 is 11.2 Å². The summed E-state index contributed by atoms with van der Waals surface area (Å²) in [6.45, 7) is 1.48. The second kappa shape index (κ2) is 7.06. The smallest absolute Gasteiger partial charge is 0.388 e. The molecule has 0 bridgehead atoms. The number of aliphatic hydroxyl groups excluding tert-OH is 3. The van der Waals surface area contributed by atoms with E-state index >= 15 is 0 Å². The van der Waals surface area contributed by atoms with Crippen LogP contribution in [0.25, 0.3) is 22.4 Å². The van der Waals surface area contributed by atoms with Crippen LogP contribution in [0.3, 0.4) is 0 Å². The number of rotatable bonds is 2. The zero-order valence-corrected chi connectivity index (χ0v) is 15.2. The van der Waals surface area contributed by atoms with E-state index in [1.165, 1.54) is 6.92 Å². The molecule has 1 aliphatic heterocycles. The number of hydrogen-bond donors (Lipinski definition) is 3. The number of alkyl halides is 3. The van der Waals surface area contributed by atoms with Gasteiger partial charge in [-0.25, -0.2) is 9.97 Å². The molecule has 0 amide bonds. The number of imidazole rings is 1. The fraction of sp³-hybridized carbons (Fsp3) is 0.368. The third kappa shape index (κ3) is 3.38. The lowest BCUT2D eigenvalue weighted by atomic mass is 9.99. The quantitative estimate of drug-likeness (QED) is 0.600. The molecule has 154 valence electrons. The van der Waals surface area contributed by atoms with Crippen molar-refractivity contribution in [2.75, 3.05) is 0 Å². The Kier molecular flexibility index (Phi) is 4.82. The highest BCUT2D eigenvalue weighted by molar-refractivity contribution is 5.80. The minimum absolute atomic E-state index is 0.0751. The average molecular weight is 409 g/mol. The van der Waals surface area contributed by atoms with Crippen LogP contribution in [-0.4, -0.2) is 54.3 Å². The van der Waals surface area contributed by atoms with E-state index in [1.807, 2.05) is 0 Å². The molecular formula is C19H18F3N3O4. The Bertz CT molecular complexity index is 1020. The SMILES string of the molecule is C[C@@H]1O[C@@H](n2cnc3c(C(F)(F)F)cc(-c4ccccc4)nc32)[C@H](O)[C@H](O)[C@H]1O. The number of halogens is 3. The third-order valence-electron chi connectivity index (χ3n) is 5.01. The van der Waals surface area contributed by atoms with Crippen LogP contribution in [-0.2, 0) is 10.9 Å². The molecule has 1 aromatic carbocycles. The molecule has 0 radical (unpaired) electrons. The molecule has 4 rings (SSSR count). The number of nitrogens with zero attached hydrogens (tertiary/aromatic N) is 3. The van der Waals surface area contributed by atoms with Crippen LogP contribution in [0.1, 0.15) is 18.7 Å². The van der Waals surface area contributed by atoms with Gasteiger partial charge in [0.05, 0.1) is 23.7 Å². The van der Waals surface area contributed by atoms with E-state index < -0.39 is 47.9 Å². The fourth-order valence-electron chi connectivity index (χ4n) is 3.43. The lowest BCUT2D eigenvalue weighted by Crippen LogP contribution is -2.54. The van der Waals surface area contributed by atoms with E-state index in [9.17, 15) is 28.5 Å². The van der Waals surface area contributed by atoms with Crippen LogP contribution in [0.2, 0.25) is 0 Å². The highest BCUT2D eigenvalue weighted by atomic mass is 19.4. The molecule has 0 saturated carbocycles. The van der Waals surface area contributed by atoms with E-state index in [-0.39, 0.29) is 11.3 Å². The second-order valence-corrected chi connectivity index (χ2v) is 6.95. The Balaban J connectivity index is 1.91. The lowest BCUT2D eigenvalue weighted by Gasteiger charge is -2.39. The van der Waals surface area contributed by atoms with Crippen LogP contribution in [0.5, 0.6) is 0 Å². The van der Waals surface area contributed by atoms with E-state index in [2.05, 4.69) is 9.97 Å². The molecule has 3 aromatic rings. The number of hydrogen-bond acceptors (Lipinski definition) is 6. The van der Waals surface area contributed by atoms with Crippen LogP contribution in [0, 0.1) is 0 Å². The van der Waals surface area contributed by atoms with Gasteiger partial charge in [0, 0.05) is 5.56 Å². The van der Waals surface area contributed by atoms with Gasteiger partial charge in [-0.05, 0) is 13.0 Å². The minimum Gasteiger partial charge on any atom is -0.388 e. The zero-order valence-electron chi connectivity index (χ0n) is 15.2. The zero-order chi connectivity index (χ0) is 20.9. The summed E-state index contributed by atoms with van der Waals surface area (Å²) in [5.74, 6) is 0. The van der Waals surface area contributed by atoms with Crippen molar-refractivity contribution in [1.29, 1.82) is 0 Å². The number of aromatic nitrogens is 3. The molecular weight excluding hydrogens is 391 g/mol. The predicted octanol–water partition coefficient (Wildman–Crippen LogP) is 2.12. The van der Waals surface area contributed by atoms with Gasteiger partial charge in [-0.2, -0.15) is 13.2 Å². The van der Waals surface area contributed by atoms with Crippen molar-refractivity contribution in [3.05, 3.63) is 48.3 Å². The van der Waals surface area contributed by atoms with Crippen LogP contribution in [0.15, 0.2) is 42.7 Å². The van der Waals surface area contributed by atoms with Gasteiger partial charge in [0.1, 0.15) is 23.8 Å². The van der Waals surface area contributed by atoms with Crippen LogP contribution < -0.4 is 0 Å². The summed E-state index contributed by atoms with van der Waals surface area (Å²) in [4.78, 5) is 8.17. The molecule has 0 spiro atoms. The Labute approximate surface area is 163 Å². The fourth-order valence-corrected chi connectivity index (χ4v) is 3.43. The normalized spacial score (nSPS) is 28.0. The Morgan fingerprint density at radius 2 is 1.72 bits per heavy atom. The molecule has 0 aliphatic carbocycles. The molecule has 10 heteroatoms. The Morgan fingerprint density at radius 3 is 2.38 bits per heavy atom. The average Bonchev–Trinajstić information content (AvgIpc) is 3.12. The van der Waals surface area contributed by atoms with Crippen LogP contribution >= 0.6 is 0 Å². The Hall–Kier alpha value is -2.53. The maximum atomic E-state index is 13.7. The largest absolute Gasteiger partial charge is 0.418 e. The summed E-state index contributed by atoms with van der Waals surface area (Å²) < 4.78 is 47.8. The van der Waals surface area contributed by atoms with Gasteiger partial charge in [-0.15, -0.1) is 0 Å². The topological polar surface area (TPSA) is 101 Å². The standard InChI is InChI=1S/C19H18F3N3O4/c1-9-14(26)15(27)16(28)18(29-9)25-8-23-13-11(19(20,21)22)7-12(24-17(13)25)10-5-3-2-4-6-10/h2-9,14-16,18,26-28H,1H3/t9-,14-,15+,16+,18+/m0/s1. The number of fused-ring (bicyclic) bond motifs is 1. The van der Waals surface area contributed by atoms with Crippen molar-refractivity contribution < 1.29 is 33.2 Å². The number of pyridine rings is 1. The summed E-state index contributed by atoms with van der Waals surface area (Å²) in [5, 5.41) is 30.3. The van der Waals surface area contributed by atoms with Crippen molar-refractivity contribution in [1.82, 2.24) is 14.5 Å². The Morgan fingerprint density at radius 1 is 1.03 bits per heavy atom. The van der Waals surface area contributed by atoms with Gasteiger partial charge in [0.15, 0.2) is 11.9 Å². The second-order valence-electron chi connectivity index (χ2n) is 6.95. The van der Waals surface area contributed by atoms with Gasteiger partial charge in [-0.3, -0.25) is 4.57 Å². The highest BCUT2D eigenvalue weighted by Gasteiger charge is 2.44. The third-order valence-corrected chi connectivity index (χ3v) is 5.01. The summed E-state index contributed by atoms with van der Waals surface area (Å²) in [5.41, 5.74) is -0.980. The molecule has 3 N–H and O–H groups in total. The van der Waals surface area contributed by atoms with Crippen molar-refractivity contribution in [2.24, 2.45) is 0 Å². The monoisotopic (exact) mass is 409 g/mol. The number of aliphatic hydroxyl groups is 3. The molecule has 1 saturated heterocycles. The minimum atomic E-state index is -4.68. The molecule has 3 heterocycles. The summed E-state index contributed by atoms with van der Waals surface area (Å²) >= 11 is 0. The van der Waals surface area contributed by atoms with E-state index in [4.69, 9.17) is 4.74 Å². The van der Waals surface area contributed by atoms with E-state index in [1.54, 1.807) is 30.3 Å². The molecule has 5 atom stereocenters. The van der Waals surface area contributed by atoms with Gasteiger partial charge in [0.2, 0.25) is 0 Å². The van der Waals surface area contributed by atoms with Gasteiger partial charge < -0.3 is 20.1 Å². The summed E-state index contributed by atoms with van der Waals surface area (Å²) in [7, 11) is 0. The van der Waals surface area contributed by atoms with E-state index in [0.717, 1.165) is 17.0 Å². The van der Waals surface area contributed by atoms with Crippen molar-refractivity contribution in [2.45, 2.75) is 43.7 Å². The first kappa shape index (κ1) is 19.8. The molecule has 1 fully saturated rings. The maximum absolute atomic E-state index is 13.7. The number of benzene rings is 1. The van der Waals surface area contributed by atoms with Gasteiger partial charge in [0.25, 0.3) is 0 Å². The molecule has 7 nitrogen and oxygen atoms in total.